The number of para-hydroxylation sites is 1. The van der Waals surface area contributed by atoms with E-state index in [4.69, 9.17) is 4.99 Å². The molecule has 34 heavy (non-hydrogen) atoms. The number of aliphatic imine (C=N–C) groups is 1. The molecule has 0 saturated carbocycles. The van der Waals surface area contributed by atoms with Gasteiger partial charge in [0.1, 0.15) is 5.00 Å². The number of carbonyl (C=O) groups is 1. The van der Waals surface area contributed by atoms with Gasteiger partial charge in [0.25, 0.3) is 5.91 Å². The zero-order valence-electron chi connectivity index (χ0n) is 19.5. The van der Waals surface area contributed by atoms with Crippen LogP contribution in [0.25, 0.3) is 10.9 Å². The maximum absolute atomic E-state index is 13.4. The van der Waals surface area contributed by atoms with Crippen molar-refractivity contribution in [3.63, 3.8) is 0 Å². The summed E-state index contributed by atoms with van der Waals surface area (Å²) in [5.74, 6) is -0.0267. The number of amides is 1. The van der Waals surface area contributed by atoms with Crippen LogP contribution >= 0.6 is 11.3 Å². The van der Waals surface area contributed by atoms with E-state index in [1.54, 1.807) is 11.3 Å². The smallest absolute Gasteiger partial charge is 0.254 e. The number of fused-ring (bicyclic) bond motifs is 2. The van der Waals surface area contributed by atoms with E-state index >= 15 is 0 Å². The van der Waals surface area contributed by atoms with Gasteiger partial charge in [-0.3, -0.25) is 4.79 Å². The zero-order valence-corrected chi connectivity index (χ0v) is 20.3. The maximum Gasteiger partial charge on any atom is 0.254 e. The Morgan fingerprint density at radius 1 is 1.12 bits per heavy atom. The van der Waals surface area contributed by atoms with Crippen LogP contribution < -0.4 is 5.32 Å². The third-order valence-corrected chi connectivity index (χ3v) is 7.78. The predicted molar refractivity (Wildman–Crippen MR) is 143 cm³/mol. The molecule has 0 unspecified atom stereocenters. The van der Waals surface area contributed by atoms with E-state index in [1.165, 1.54) is 27.8 Å². The van der Waals surface area contributed by atoms with Crippen molar-refractivity contribution in [2.45, 2.75) is 45.7 Å². The molecular formula is C29H29N3OS. The van der Waals surface area contributed by atoms with Gasteiger partial charge in [0.05, 0.1) is 5.56 Å². The first-order valence-electron chi connectivity index (χ1n) is 11.9. The predicted octanol–water partition coefficient (Wildman–Crippen LogP) is 6.76. The molecule has 4 aromatic rings. The van der Waals surface area contributed by atoms with Crippen molar-refractivity contribution in [1.82, 2.24) is 9.88 Å². The summed E-state index contributed by atoms with van der Waals surface area (Å²) >= 11 is 1.68. The standard InChI is InChI=1S/C29H29N3OS/c1-3-17-32-20(2)24(22-13-7-9-15-25(22)32)19-31-29-27(23-14-8-10-16-26(23)34-29)28(33)30-18-21-11-5-4-6-12-21/h3-7,9,11-13,15,19H,1,8,10,14,16-18H2,2H3,(H,30,33)/b31-19+. The number of carbonyl (C=O) groups excluding carboxylic acids is 1. The molecule has 2 aromatic carbocycles. The van der Waals surface area contributed by atoms with E-state index in [1.807, 2.05) is 42.6 Å². The second kappa shape index (κ2) is 9.82. The van der Waals surface area contributed by atoms with Crippen molar-refractivity contribution in [2.75, 3.05) is 0 Å². The number of aryl methyl sites for hydroxylation is 1. The lowest BCUT2D eigenvalue weighted by atomic mass is 9.95. The highest BCUT2D eigenvalue weighted by molar-refractivity contribution is 7.16. The molecule has 0 spiro atoms. The number of nitrogens with one attached hydrogen (secondary N) is 1. The number of thiophene rings is 1. The minimum atomic E-state index is -0.0267. The average molecular weight is 468 g/mol. The summed E-state index contributed by atoms with van der Waals surface area (Å²) in [5, 5.41) is 5.12. The Bertz CT molecular complexity index is 1380. The summed E-state index contributed by atoms with van der Waals surface area (Å²) in [5.41, 5.74) is 6.48. The van der Waals surface area contributed by atoms with Crippen molar-refractivity contribution in [3.05, 3.63) is 100 Å². The topological polar surface area (TPSA) is 46.4 Å². The number of hydrogen-bond donors (Lipinski definition) is 1. The van der Waals surface area contributed by atoms with Crippen molar-refractivity contribution in [3.8, 4) is 0 Å². The van der Waals surface area contributed by atoms with Crippen LogP contribution in [-0.4, -0.2) is 16.7 Å². The fraction of sp³-hybridized carbons (Fsp3) is 0.241. The Morgan fingerprint density at radius 2 is 1.88 bits per heavy atom. The van der Waals surface area contributed by atoms with Gasteiger partial charge < -0.3 is 9.88 Å². The lowest BCUT2D eigenvalue weighted by molar-refractivity contribution is 0.0951. The molecule has 1 aliphatic carbocycles. The lowest BCUT2D eigenvalue weighted by Crippen LogP contribution is -2.24. The van der Waals surface area contributed by atoms with E-state index in [0.29, 0.717) is 6.54 Å². The number of hydrogen-bond acceptors (Lipinski definition) is 3. The summed E-state index contributed by atoms with van der Waals surface area (Å²) in [7, 11) is 0. The number of aromatic nitrogens is 1. The van der Waals surface area contributed by atoms with E-state index in [-0.39, 0.29) is 5.91 Å². The molecule has 1 amide bonds. The zero-order chi connectivity index (χ0) is 23.5. The molecule has 0 atom stereocenters. The molecule has 172 valence electrons. The van der Waals surface area contributed by atoms with Gasteiger partial charge in [0.15, 0.2) is 0 Å². The Kier molecular flexibility index (Phi) is 6.45. The van der Waals surface area contributed by atoms with Gasteiger partial charge in [-0.2, -0.15) is 0 Å². The fourth-order valence-corrected chi connectivity index (χ4v) is 6.08. The van der Waals surface area contributed by atoms with Gasteiger partial charge in [-0.05, 0) is 49.8 Å². The van der Waals surface area contributed by atoms with Gasteiger partial charge in [-0.1, -0.05) is 54.6 Å². The minimum Gasteiger partial charge on any atom is -0.348 e. The third-order valence-electron chi connectivity index (χ3n) is 6.58. The first-order valence-corrected chi connectivity index (χ1v) is 12.7. The van der Waals surface area contributed by atoms with Crippen molar-refractivity contribution < 1.29 is 4.79 Å². The molecule has 0 saturated heterocycles. The molecule has 1 N–H and O–H groups in total. The monoisotopic (exact) mass is 467 g/mol. The number of nitrogens with zero attached hydrogens (tertiary/aromatic N) is 2. The molecule has 0 bridgehead atoms. The molecule has 0 fully saturated rings. The Hall–Kier alpha value is -3.44. The van der Waals surface area contributed by atoms with Gasteiger partial charge in [0, 0.05) is 46.3 Å². The normalized spacial score (nSPS) is 13.3. The van der Waals surface area contributed by atoms with Crippen LogP contribution in [-0.2, 0) is 25.9 Å². The molecule has 0 aliphatic heterocycles. The van der Waals surface area contributed by atoms with Gasteiger partial charge in [-0.25, -0.2) is 4.99 Å². The highest BCUT2D eigenvalue weighted by Crippen LogP contribution is 2.40. The molecule has 2 aromatic heterocycles. The largest absolute Gasteiger partial charge is 0.348 e. The average Bonchev–Trinajstić information content (AvgIpc) is 3.37. The van der Waals surface area contributed by atoms with E-state index in [9.17, 15) is 4.79 Å². The van der Waals surface area contributed by atoms with E-state index in [2.05, 4.69) is 47.7 Å². The minimum absolute atomic E-state index is 0.0267. The number of rotatable bonds is 7. The highest BCUT2D eigenvalue weighted by Gasteiger charge is 2.25. The number of benzene rings is 2. The fourth-order valence-electron chi connectivity index (χ4n) is 4.85. The SMILES string of the molecule is C=CCn1c(C)c(/C=N/c2sc3c(c2C(=O)NCc2ccccc2)CCCC3)c2ccccc21. The van der Waals surface area contributed by atoms with Crippen molar-refractivity contribution >= 4 is 39.4 Å². The van der Waals surface area contributed by atoms with E-state index in [0.717, 1.165) is 53.2 Å². The third kappa shape index (κ3) is 4.24. The van der Waals surface area contributed by atoms with Crippen LogP contribution in [0.4, 0.5) is 5.00 Å². The maximum atomic E-state index is 13.4. The Balaban J connectivity index is 1.51. The first-order chi connectivity index (χ1) is 16.7. The summed E-state index contributed by atoms with van der Waals surface area (Å²) in [6.07, 6.45) is 8.15. The second-order valence-electron chi connectivity index (χ2n) is 8.73. The Labute approximate surface area is 204 Å². The quantitative estimate of drug-likeness (QED) is 0.237. The van der Waals surface area contributed by atoms with Gasteiger partial charge >= 0.3 is 0 Å². The summed E-state index contributed by atoms with van der Waals surface area (Å²) in [6, 6.07) is 18.4. The van der Waals surface area contributed by atoms with Crippen molar-refractivity contribution in [2.24, 2.45) is 4.99 Å². The van der Waals surface area contributed by atoms with Crippen LogP contribution in [0.3, 0.4) is 0 Å². The van der Waals surface area contributed by atoms with Gasteiger partial charge in [-0.15, -0.1) is 17.9 Å². The number of allylic oxidation sites excluding steroid dienone is 1. The molecule has 5 heteroatoms. The van der Waals surface area contributed by atoms with Crippen LogP contribution in [0.1, 0.15) is 50.5 Å². The van der Waals surface area contributed by atoms with Crippen LogP contribution in [0.2, 0.25) is 0 Å². The van der Waals surface area contributed by atoms with E-state index < -0.39 is 0 Å². The summed E-state index contributed by atoms with van der Waals surface area (Å²) in [4.78, 5) is 19.6. The molecule has 1 aliphatic rings. The second-order valence-corrected chi connectivity index (χ2v) is 9.82. The molecule has 4 nitrogen and oxygen atoms in total. The summed E-state index contributed by atoms with van der Waals surface area (Å²) in [6.45, 7) is 7.31. The first kappa shape index (κ1) is 22.4. The highest BCUT2D eigenvalue weighted by atomic mass is 32.1. The van der Waals surface area contributed by atoms with Crippen LogP contribution in [0.5, 0.6) is 0 Å². The van der Waals surface area contributed by atoms with Crippen molar-refractivity contribution in [1.29, 1.82) is 0 Å². The molecule has 2 heterocycles. The Morgan fingerprint density at radius 3 is 2.71 bits per heavy atom. The van der Waals surface area contributed by atoms with Crippen LogP contribution in [0.15, 0.2) is 72.2 Å². The molecular weight excluding hydrogens is 438 g/mol. The molecule has 5 rings (SSSR count). The van der Waals surface area contributed by atoms with Gasteiger partial charge in [0.2, 0.25) is 0 Å². The molecule has 0 radical (unpaired) electrons. The summed E-state index contributed by atoms with van der Waals surface area (Å²) < 4.78 is 2.26. The van der Waals surface area contributed by atoms with Crippen LogP contribution in [0, 0.1) is 6.92 Å². The lowest BCUT2D eigenvalue weighted by Gasteiger charge is -2.12.